The lowest BCUT2D eigenvalue weighted by Crippen LogP contribution is -2.25. The van der Waals surface area contributed by atoms with Crippen LogP contribution in [0.5, 0.6) is 0 Å². The highest BCUT2D eigenvalue weighted by Crippen LogP contribution is 2.13. The number of pyridine rings is 1. The minimum absolute atomic E-state index is 0.155. The Bertz CT molecular complexity index is 936. The van der Waals surface area contributed by atoms with Gasteiger partial charge in [0.15, 0.2) is 5.82 Å². The number of nitrogens with zero attached hydrogens (tertiary/aromatic N) is 3. The van der Waals surface area contributed by atoms with E-state index < -0.39 is 0 Å². The van der Waals surface area contributed by atoms with Gasteiger partial charge in [-0.15, -0.1) is 10.2 Å². The molecule has 26 heavy (non-hydrogen) atoms. The van der Waals surface area contributed by atoms with Gasteiger partial charge in [-0.05, 0) is 18.6 Å². The summed E-state index contributed by atoms with van der Waals surface area (Å²) in [6.07, 6.45) is 3.77. The van der Waals surface area contributed by atoms with Crippen LogP contribution in [-0.2, 0) is 17.8 Å². The van der Waals surface area contributed by atoms with Crippen molar-refractivity contribution < 1.29 is 4.79 Å². The third-order valence-corrected chi connectivity index (χ3v) is 3.89. The molecule has 0 saturated carbocycles. The molecular weight excluding hydrogens is 330 g/mol. The van der Waals surface area contributed by atoms with E-state index >= 15 is 0 Å². The van der Waals surface area contributed by atoms with Gasteiger partial charge in [-0.3, -0.25) is 14.6 Å². The Morgan fingerprint density at radius 1 is 1.15 bits per heavy atom. The van der Waals surface area contributed by atoms with Crippen molar-refractivity contribution in [2.75, 3.05) is 0 Å². The van der Waals surface area contributed by atoms with Crippen molar-refractivity contribution in [3.63, 3.8) is 0 Å². The van der Waals surface area contributed by atoms with E-state index in [4.69, 9.17) is 0 Å². The van der Waals surface area contributed by atoms with E-state index in [9.17, 15) is 9.59 Å². The van der Waals surface area contributed by atoms with Gasteiger partial charge < -0.3 is 10.3 Å². The fraction of sp³-hybridized carbons (Fsp3) is 0.211. The van der Waals surface area contributed by atoms with Crippen LogP contribution in [0, 0.1) is 6.92 Å². The number of aryl methyl sites for hydroxylation is 2. The molecule has 0 bridgehead atoms. The zero-order chi connectivity index (χ0) is 18.4. The molecule has 0 atom stereocenters. The standard InChI is InChI=1S/C19H19N5O2/c1-13-4-6-15(7-5-13)18-22-19(26)16(23-24-18)8-9-17(25)21-12-14-3-2-10-20-11-14/h2-7,10-11H,8-9,12H2,1H3,(H,21,25)(H,22,24,26). The summed E-state index contributed by atoms with van der Waals surface area (Å²) in [5, 5.41) is 10.8. The van der Waals surface area contributed by atoms with Crippen LogP contribution in [-0.4, -0.2) is 26.1 Å². The molecule has 0 unspecified atom stereocenters. The highest BCUT2D eigenvalue weighted by Gasteiger charge is 2.09. The summed E-state index contributed by atoms with van der Waals surface area (Å²) in [5.41, 5.74) is 2.76. The van der Waals surface area contributed by atoms with Crippen LogP contribution >= 0.6 is 0 Å². The number of hydrogen-bond donors (Lipinski definition) is 2. The predicted octanol–water partition coefficient (Wildman–Crippen LogP) is 1.78. The molecule has 3 aromatic rings. The second kappa shape index (κ2) is 8.15. The summed E-state index contributed by atoms with van der Waals surface area (Å²) < 4.78 is 0. The van der Waals surface area contributed by atoms with E-state index in [1.807, 2.05) is 43.3 Å². The minimum atomic E-state index is -0.323. The molecule has 0 aliphatic carbocycles. The summed E-state index contributed by atoms with van der Waals surface area (Å²) in [7, 11) is 0. The van der Waals surface area contributed by atoms with Crippen molar-refractivity contribution in [2.45, 2.75) is 26.3 Å². The van der Waals surface area contributed by atoms with E-state index in [-0.39, 0.29) is 30.0 Å². The maximum absolute atomic E-state index is 12.2. The van der Waals surface area contributed by atoms with Gasteiger partial charge >= 0.3 is 0 Å². The second-order valence-corrected chi connectivity index (χ2v) is 5.95. The number of nitrogens with one attached hydrogen (secondary N) is 2. The molecule has 7 nitrogen and oxygen atoms in total. The minimum Gasteiger partial charge on any atom is -0.352 e. The van der Waals surface area contributed by atoms with Crippen molar-refractivity contribution in [3.8, 4) is 11.4 Å². The number of amides is 1. The Labute approximate surface area is 150 Å². The van der Waals surface area contributed by atoms with Gasteiger partial charge in [0.1, 0.15) is 5.69 Å². The van der Waals surface area contributed by atoms with E-state index in [1.165, 1.54) is 0 Å². The summed E-state index contributed by atoms with van der Waals surface area (Å²) >= 11 is 0. The lowest BCUT2D eigenvalue weighted by molar-refractivity contribution is -0.121. The van der Waals surface area contributed by atoms with Gasteiger partial charge in [0, 0.05) is 37.3 Å². The first kappa shape index (κ1) is 17.5. The van der Waals surface area contributed by atoms with E-state index in [0.717, 1.165) is 16.7 Å². The first-order valence-electron chi connectivity index (χ1n) is 8.30. The molecular formula is C19H19N5O2. The maximum Gasteiger partial charge on any atom is 0.273 e. The van der Waals surface area contributed by atoms with Crippen LogP contribution in [0.3, 0.4) is 0 Å². The SMILES string of the molecule is Cc1ccc(-c2nnc(CCC(=O)NCc3cccnc3)c(=O)[nH]2)cc1. The maximum atomic E-state index is 12.2. The molecule has 0 fully saturated rings. The van der Waals surface area contributed by atoms with Gasteiger partial charge in [-0.2, -0.15) is 0 Å². The lowest BCUT2D eigenvalue weighted by atomic mass is 10.1. The topological polar surface area (TPSA) is 101 Å². The van der Waals surface area contributed by atoms with E-state index in [1.54, 1.807) is 12.4 Å². The van der Waals surface area contributed by atoms with Crippen LogP contribution < -0.4 is 10.9 Å². The fourth-order valence-electron chi connectivity index (χ4n) is 2.39. The largest absolute Gasteiger partial charge is 0.352 e. The average Bonchev–Trinajstić information content (AvgIpc) is 2.67. The molecule has 2 heterocycles. The number of hydrogen-bond acceptors (Lipinski definition) is 5. The molecule has 0 radical (unpaired) electrons. The number of H-pyrrole nitrogens is 1. The number of carbonyl (C=O) groups is 1. The van der Waals surface area contributed by atoms with E-state index in [2.05, 4.69) is 25.5 Å². The first-order chi connectivity index (χ1) is 12.6. The van der Waals surface area contributed by atoms with Gasteiger partial charge in [0.2, 0.25) is 5.91 Å². The molecule has 1 aromatic carbocycles. The third kappa shape index (κ3) is 4.60. The van der Waals surface area contributed by atoms with Crippen molar-refractivity contribution >= 4 is 5.91 Å². The summed E-state index contributed by atoms with van der Waals surface area (Å²) in [5.74, 6) is 0.262. The monoisotopic (exact) mass is 349 g/mol. The van der Waals surface area contributed by atoms with Crippen molar-refractivity contribution in [2.24, 2.45) is 0 Å². The number of aromatic amines is 1. The fourth-order valence-corrected chi connectivity index (χ4v) is 2.39. The second-order valence-electron chi connectivity index (χ2n) is 5.95. The molecule has 1 amide bonds. The predicted molar refractivity (Wildman–Crippen MR) is 97.2 cm³/mol. The van der Waals surface area contributed by atoms with Crippen LogP contribution in [0.2, 0.25) is 0 Å². The van der Waals surface area contributed by atoms with Crippen molar-refractivity contribution in [3.05, 3.63) is 76.0 Å². The van der Waals surface area contributed by atoms with Gasteiger partial charge in [0.05, 0.1) is 0 Å². The molecule has 0 aliphatic heterocycles. The number of carbonyl (C=O) groups excluding carboxylic acids is 1. The van der Waals surface area contributed by atoms with Gasteiger partial charge in [-0.1, -0.05) is 35.9 Å². The van der Waals surface area contributed by atoms with Crippen LogP contribution in [0.1, 0.15) is 23.2 Å². The van der Waals surface area contributed by atoms with Crippen molar-refractivity contribution in [1.82, 2.24) is 25.5 Å². The molecule has 2 N–H and O–H groups in total. The number of rotatable bonds is 6. The first-order valence-corrected chi connectivity index (χ1v) is 8.30. The summed E-state index contributed by atoms with van der Waals surface area (Å²) in [6.45, 7) is 2.39. The highest BCUT2D eigenvalue weighted by molar-refractivity contribution is 5.76. The molecule has 2 aromatic heterocycles. The average molecular weight is 349 g/mol. The van der Waals surface area contributed by atoms with Gasteiger partial charge in [0.25, 0.3) is 5.56 Å². The number of benzene rings is 1. The Kier molecular flexibility index (Phi) is 5.48. The Balaban J connectivity index is 1.57. The van der Waals surface area contributed by atoms with Crippen molar-refractivity contribution in [1.29, 1.82) is 0 Å². The molecule has 132 valence electrons. The quantitative estimate of drug-likeness (QED) is 0.706. The molecule has 0 spiro atoms. The van der Waals surface area contributed by atoms with Gasteiger partial charge in [-0.25, -0.2) is 0 Å². The van der Waals surface area contributed by atoms with E-state index in [0.29, 0.717) is 12.4 Å². The molecule has 3 rings (SSSR count). The zero-order valence-electron chi connectivity index (χ0n) is 14.4. The Morgan fingerprint density at radius 2 is 1.96 bits per heavy atom. The Morgan fingerprint density at radius 3 is 2.65 bits per heavy atom. The molecule has 0 saturated heterocycles. The zero-order valence-corrected chi connectivity index (χ0v) is 14.4. The molecule has 0 aliphatic rings. The van der Waals surface area contributed by atoms with Crippen LogP contribution in [0.25, 0.3) is 11.4 Å². The summed E-state index contributed by atoms with van der Waals surface area (Å²) in [6, 6.07) is 11.3. The normalized spacial score (nSPS) is 10.5. The summed E-state index contributed by atoms with van der Waals surface area (Å²) in [4.78, 5) is 30.8. The van der Waals surface area contributed by atoms with Crippen LogP contribution in [0.15, 0.2) is 53.6 Å². The molecule has 7 heteroatoms. The Hall–Kier alpha value is -3.35. The van der Waals surface area contributed by atoms with Crippen LogP contribution in [0.4, 0.5) is 0 Å². The highest BCUT2D eigenvalue weighted by atomic mass is 16.1. The third-order valence-electron chi connectivity index (χ3n) is 3.89. The number of aromatic nitrogens is 4. The smallest absolute Gasteiger partial charge is 0.273 e. The lowest BCUT2D eigenvalue weighted by Gasteiger charge is -2.05.